The molecule has 0 bridgehead atoms. The molecule has 0 fully saturated rings. The highest BCUT2D eigenvalue weighted by atomic mass is 35.5. The summed E-state index contributed by atoms with van der Waals surface area (Å²) in [4.78, 5) is 19.0. The molecule has 1 radical (unpaired) electrons. The van der Waals surface area contributed by atoms with E-state index in [-0.39, 0.29) is 11.3 Å². The average molecular weight is 375 g/mol. The Bertz CT molecular complexity index is 938. The summed E-state index contributed by atoms with van der Waals surface area (Å²) in [6.07, 6.45) is 4.00. The maximum atomic E-state index is 11.5. The van der Waals surface area contributed by atoms with Crippen LogP contribution in [-0.2, 0) is 6.42 Å². The van der Waals surface area contributed by atoms with Gasteiger partial charge in [0.2, 0.25) is 5.91 Å². The number of benzene rings is 2. The minimum atomic E-state index is -0.590. The normalized spacial score (nSPS) is 10.8. The van der Waals surface area contributed by atoms with Crippen LogP contribution in [0.4, 0.5) is 0 Å². The van der Waals surface area contributed by atoms with Crippen LogP contribution in [0.3, 0.4) is 0 Å². The second-order valence-corrected chi connectivity index (χ2v) is 6.25. The van der Waals surface area contributed by atoms with E-state index in [1.165, 1.54) is 12.1 Å². The van der Waals surface area contributed by atoms with Crippen LogP contribution in [-0.4, -0.2) is 21.0 Å². The van der Waals surface area contributed by atoms with Crippen molar-refractivity contribution in [2.24, 2.45) is 5.73 Å². The molecule has 0 atom stereocenters. The number of phenols is 1. The molecule has 1 amide bonds. The Morgan fingerprint density at radius 3 is 2.76 bits per heavy atom. The minimum Gasteiger partial charge on any atom is -0.508 e. The summed E-state index contributed by atoms with van der Waals surface area (Å²) in [5.41, 5.74) is 7.79. The van der Waals surface area contributed by atoms with Crippen LogP contribution in [0.5, 0.6) is 5.75 Å². The van der Waals surface area contributed by atoms with Gasteiger partial charge in [0.1, 0.15) is 11.6 Å². The van der Waals surface area contributed by atoms with Gasteiger partial charge in [0.25, 0.3) is 0 Å². The van der Waals surface area contributed by atoms with E-state index in [0.717, 1.165) is 5.56 Å². The van der Waals surface area contributed by atoms with Crippen molar-refractivity contribution >= 4 is 29.1 Å². The summed E-state index contributed by atoms with van der Waals surface area (Å²) in [6.45, 7) is 0. The van der Waals surface area contributed by atoms with Gasteiger partial charge in [0, 0.05) is 28.8 Å². The second kappa shape index (κ2) is 7.17. The van der Waals surface area contributed by atoms with Crippen molar-refractivity contribution in [3.8, 4) is 17.0 Å². The van der Waals surface area contributed by atoms with E-state index in [0.29, 0.717) is 33.5 Å². The lowest BCUT2D eigenvalue weighted by molar-refractivity contribution is 0.0999. The number of aromatic hydroxyl groups is 1. The number of phenolic OH excluding ortho intramolecular Hbond substituents is 1. The standard InChI is InChI=1S/C18H14Cl2N3O2/c19-11-3-5-13(15(20)7-11)16-9-22-17(23-16)6-2-10-1-4-12(24)8-14(10)18(21)25/h1,3-9,24H,2H2,(H2,21,25)(H,22,23). The van der Waals surface area contributed by atoms with E-state index in [2.05, 4.69) is 9.97 Å². The number of hydrogen-bond acceptors (Lipinski definition) is 3. The molecule has 1 aromatic heterocycles. The molecule has 0 unspecified atom stereocenters. The second-order valence-electron chi connectivity index (χ2n) is 5.41. The molecule has 1 heterocycles. The smallest absolute Gasteiger partial charge is 0.249 e. The van der Waals surface area contributed by atoms with Crippen molar-refractivity contribution in [2.45, 2.75) is 6.42 Å². The predicted octanol–water partition coefficient (Wildman–Crippen LogP) is 3.98. The number of halogens is 2. The average Bonchev–Trinajstić information content (AvgIpc) is 3.02. The number of aromatic nitrogens is 2. The fourth-order valence-electron chi connectivity index (χ4n) is 2.45. The molecule has 0 spiro atoms. The quantitative estimate of drug-likeness (QED) is 0.630. The zero-order chi connectivity index (χ0) is 18.0. The number of nitrogens with two attached hydrogens (primary N) is 1. The molecule has 2 aromatic carbocycles. The van der Waals surface area contributed by atoms with Gasteiger partial charge in [-0.1, -0.05) is 29.3 Å². The summed E-state index contributed by atoms with van der Waals surface area (Å²) >= 11 is 12.1. The molecule has 7 heteroatoms. The van der Waals surface area contributed by atoms with Crippen LogP contribution in [0.2, 0.25) is 10.0 Å². The lowest BCUT2D eigenvalue weighted by Crippen LogP contribution is -2.13. The van der Waals surface area contributed by atoms with Crippen LogP contribution in [0.1, 0.15) is 21.7 Å². The van der Waals surface area contributed by atoms with Crippen LogP contribution in [0.15, 0.2) is 42.6 Å². The van der Waals surface area contributed by atoms with E-state index < -0.39 is 5.91 Å². The van der Waals surface area contributed by atoms with Gasteiger partial charge < -0.3 is 15.8 Å². The number of nitrogens with one attached hydrogen (secondary N) is 1. The summed E-state index contributed by atoms with van der Waals surface area (Å²) in [5, 5.41) is 10.6. The molecule has 25 heavy (non-hydrogen) atoms. The minimum absolute atomic E-state index is 0.00443. The van der Waals surface area contributed by atoms with E-state index in [4.69, 9.17) is 28.9 Å². The van der Waals surface area contributed by atoms with E-state index in [1.807, 2.05) is 6.42 Å². The summed E-state index contributed by atoms with van der Waals surface area (Å²) in [5.74, 6) is 0.0344. The van der Waals surface area contributed by atoms with Gasteiger partial charge in [0.15, 0.2) is 0 Å². The van der Waals surface area contributed by atoms with Gasteiger partial charge in [-0.2, -0.15) is 0 Å². The number of aromatic amines is 1. The predicted molar refractivity (Wildman–Crippen MR) is 97.8 cm³/mol. The molecule has 0 aliphatic rings. The Hall–Kier alpha value is -2.50. The fourth-order valence-corrected chi connectivity index (χ4v) is 2.96. The number of rotatable bonds is 5. The Morgan fingerprint density at radius 1 is 1.24 bits per heavy atom. The Labute approximate surface area is 154 Å². The first kappa shape index (κ1) is 17.3. The molecule has 0 aliphatic heterocycles. The van der Waals surface area contributed by atoms with Crippen molar-refractivity contribution in [1.82, 2.24) is 9.97 Å². The van der Waals surface area contributed by atoms with Gasteiger partial charge in [-0.05, 0) is 42.3 Å². The Balaban J connectivity index is 1.78. The highest BCUT2D eigenvalue weighted by molar-refractivity contribution is 6.36. The topological polar surface area (TPSA) is 92.0 Å². The molecule has 0 aliphatic carbocycles. The first-order chi connectivity index (χ1) is 11.9. The van der Waals surface area contributed by atoms with Crippen molar-refractivity contribution in [2.75, 3.05) is 0 Å². The highest BCUT2D eigenvalue weighted by Crippen LogP contribution is 2.29. The SMILES string of the molecule is NC(=O)c1cc(O)ccc1C[CH]c1nc(-c2ccc(Cl)cc2Cl)c[nH]1. The van der Waals surface area contributed by atoms with Gasteiger partial charge >= 0.3 is 0 Å². The molecule has 4 N–H and O–H groups in total. The van der Waals surface area contributed by atoms with Gasteiger partial charge in [0.05, 0.1) is 10.7 Å². The molecular formula is C18H14Cl2N3O2. The zero-order valence-electron chi connectivity index (χ0n) is 13.0. The monoisotopic (exact) mass is 374 g/mol. The Morgan fingerprint density at radius 2 is 2.04 bits per heavy atom. The van der Waals surface area contributed by atoms with Gasteiger partial charge in [-0.15, -0.1) is 0 Å². The van der Waals surface area contributed by atoms with Gasteiger partial charge in [-0.3, -0.25) is 4.79 Å². The molecule has 3 aromatic rings. The molecular weight excluding hydrogens is 361 g/mol. The molecule has 0 saturated carbocycles. The number of amides is 1. The van der Waals surface area contributed by atoms with Crippen LogP contribution >= 0.6 is 23.2 Å². The lowest BCUT2D eigenvalue weighted by Gasteiger charge is -2.06. The third kappa shape index (κ3) is 3.95. The number of H-pyrrole nitrogens is 1. The number of imidazole rings is 1. The zero-order valence-corrected chi connectivity index (χ0v) is 14.5. The number of nitrogens with zero attached hydrogens (tertiary/aromatic N) is 1. The third-order valence-corrected chi connectivity index (χ3v) is 4.23. The van der Waals surface area contributed by atoms with E-state index >= 15 is 0 Å². The summed E-state index contributed by atoms with van der Waals surface area (Å²) < 4.78 is 0. The van der Waals surface area contributed by atoms with Crippen LogP contribution in [0.25, 0.3) is 11.3 Å². The van der Waals surface area contributed by atoms with Gasteiger partial charge in [-0.25, -0.2) is 4.98 Å². The Kier molecular flexibility index (Phi) is 4.97. The molecule has 3 rings (SSSR count). The van der Waals surface area contributed by atoms with Crippen molar-refractivity contribution in [3.63, 3.8) is 0 Å². The fraction of sp³-hybridized carbons (Fsp3) is 0.0556. The van der Waals surface area contributed by atoms with Crippen molar-refractivity contribution in [3.05, 3.63) is 76.0 Å². The largest absolute Gasteiger partial charge is 0.508 e. The molecule has 0 saturated heterocycles. The highest BCUT2D eigenvalue weighted by Gasteiger charge is 2.12. The van der Waals surface area contributed by atoms with Crippen molar-refractivity contribution < 1.29 is 9.90 Å². The third-order valence-electron chi connectivity index (χ3n) is 3.68. The number of primary amides is 1. The summed E-state index contributed by atoms with van der Waals surface area (Å²) in [7, 11) is 0. The van der Waals surface area contributed by atoms with Crippen LogP contribution in [0, 0.1) is 6.42 Å². The van der Waals surface area contributed by atoms with E-state index in [9.17, 15) is 9.90 Å². The first-order valence-electron chi connectivity index (χ1n) is 7.40. The molecule has 127 valence electrons. The first-order valence-corrected chi connectivity index (χ1v) is 8.15. The maximum absolute atomic E-state index is 11.5. The lowest BCUT2D eigenvalue weighted by atomic mass is 10.0. The van der Waals surface area contributed by atoms with Crippen LogP contribution < -0.4 is 5.73 Å². The number of hydrogen-bond donors (Lipinski definition) is 3. The van der Waals surface area contributed by atoms with E-state index in [1.54, 1.807) is 30.5 Å². The maximum Gasteiger partial charge on any atom is 0.249 e. The van der Waals surface area contributed by atoms with Crippen molar-refractivity contribution in [1.29, 1.82) is 0 Å². The molecule has 5 nitrogen and oxygen atoms in total. The number of carbonyl (C=O) groups excluding carboxylic acids is 1. The number of carbonyl (C=O) groups is 1. The summed E-state index contributed by atoms with van der Waals surface area (Å²) in [6, 6.07) is 9.73.